The van der Waals surface area contributed by atoms with Gasteiger partial charge in [-0.05, 0) is 18.1 Å². The van der Waals surface area contributed by atoms with Crippen molar-refractivity contribution in [1.82, 2.24) is 4.98 Å². The van der Waals surface area contributed by atoms with Crippen molar-refractivity contribution >= 4 is 0 Å². The Kier molecular flexibility index (Phi) is 4.61. The zero-order valence-corrected chi connectivity index (χ0v) is 8.29. The van der Waals surface area contributed by atoms with Crippen LogP contribution in [0.4, 0.5) is 0 Å². The van der Waals surface area contributed by atoms with E-state index in [-0.39, 0.29) is 6.10 Å². The minimum Gasteiger partial charge on any atom is -0.388 e. The van der Waals surface area contributed by atoms with E-state index in [0.29, 0.717) is 0 Å². The molecule has 0 radical (unpaired) electrons. The van der Waals surface area contributed by atoms with Gasteiger partial charge in [-0.25, -0.2) is 0 Å². The van der Waals surface area contributed by atoms with Crippen molar-refractivity contribution in [1.29, 1.82) is 0 Å². The van der Waals surface area contributed by atoms with Gasteiger partial charge in [0.1, 0.15) is 0 Å². The number of hydrogen-bond donors (Lipinski definition) is 2. The average Bonchev–Trinajstić information content (AvgIpc) is 2.65. The summed E-state index contributed by atoms with van der Waals surface area (Å²) in [6.45, 7) is 2.20. The number of aromatic amines is 1. The van der Waals surface area contributed by atoms with Crippen molar-refractivity contribution in [3.63, 3.8) is 0 Å². The number of nitrogens with one attached hydrogen (secondary N) is 1. The van der Waals surface area contributed by atoms with Crippen LogP contribution < -0.4 is 0 Å². The van der Waals surface area contributed by atoms with Crippen molar-refractivity contribution in [3.8, 4) is 0 Å². The highest BCUT2D eigenvalue weighted by atomic mass is 16.3. The Bertz CT molecular complexity index is 206. The second-order valence-corrected chi connectivity index (χ2v) is 3.51. The fourth-order valence-electron chi connectivity index (χ4n) is 1.48. The number of hydrogen-bond acceptors (Lipinski definition) is 1. The summed E-state index contributed by atoms with van der Waals surface area (Å²) < 4.78 is 0. The number of aromatic nitrogens is 1. The lowest BCUT2D eigenvalue weighted by molar-refractivity contribution is 0.163. The van der Waals surface area contributed by atoms with Crippen LogP contribution in [-0.4, -0.2) is 10.1 Å². The Morgan fingerprint density at radius 1 is 1.38 bits per heavy atom. The first kappa shape index (κ1) is 10.3. The molecule has 0 amide bonds. The molecule has 1 rings (SSSR count). The molecule has 2 N–H and O–H groups in total. The highest BCUT2D eigenvalue weighted by Gasteiger charge is 2.06. The van der Waals surface area contributed by atoms with Gasteiger partial charge in [0, 0.05) is 12.4 Å². The number of aliphatic hydroxyl groups is 1. The zero-order valence-electron chi connectivity index (χ0n) is 8.29. The lowest BCUT2D eigenvalue weighted by Gasteiger charge is -2.07. The predicted octanol–water partition coefficient (Wildman–Crippen LogP) is 3.02. The highest BCUT2D eigenvalue weighted by molar-refractivity contribution is 5.11. The summed E-state index contributed by atoms with van der Waals surface area (Å²) in [5.41, 5.74) is 1.01. The van der Waals surface area contributed by atoms with E-state index in [0.717, 1.165) is 18.4 Å². The molecule has 1 heterocycles. The summed E-state index contributed by atoms with van der Waals surface area (Å²) in [6, 6.07) is 1.94. The molecule has 0 bridgehead atoms. The Morgan fingerprint density at radius 3 is 2.85 bits per heavy atom. The van der Waals surface area contributed by atoms with Crippen LogP contribution in [0.2, 0.25) is 0 Å². The van der Waals surface area contributed by atoms with E-state index in [2.05, 4.69) is 11.9 Å². The molecule has 0 spiro atoms. The summed E-state index contributed by atoms with van der Waals surface area (Å²) in [5, 5.41) is 9.69. The summed E-state index contributed by atoms with van der Waals surface area (Å²) in [6.07, 6.45) is 9.22. The van der Waals surface area contributed by atoms with E-state index < -0.39 is 0 Å². The molecule has 1 unspecified atom stereocenters. The van der Waals surface area contributed by atoms with Gasteiger partial charge in [-0.15, -0.1) is 0 Å². The van der Waals surface area contributed by atoms with Gasteiger partial charge in [-0.2, -0.15) is 0 Å². The molecule has 74 valence electrons. The molecule has 1 aromatic heterocycles. The third-order valence-electron chi connectivity index (χ3n) is 2.34. The molecule has 0 saturated carbocycles. The van der Waals surface area contributed by atoms with Crippen LogP contribution in [0.1, 0.15) is 50.7 Å². The van der Waals surface area contributed by atoms with E-state index in [1.807, 2.05) is 18.5 Å². The first-order valence-electron chi connectivity index (χ1n) is 5.15. The Labute approximate surface area is 80.0 Å². The topological polar surface area (TPSA) is 36.0 Å². The van der Waals surface area contributed by atoms with Crippen LogP contribution in [0, 0.1) is 0 Å². The van der Waals surface area contributed by atoms with Gasteiger partial charge in [0.05, 0.1) is 6.10 Å². The van der Waals surface area contributed by atoms with E-state index >= 15 is 0 Å². The molecule has 13 heavy (non-hydrogen) atoms. The van der Waals surface area contributed by atoms with Crippen molar-refractivity contribution in [2.45, 2.75) is 45.1 Å². The molecule has 0 aliphatic rings. The summed E-state index contributed by atoms with van der Waals surface area (Å²) in [4.78, 5) is 2.95. The van der Waals surface area contributed by atoms with Gasteiger partial charge in [0.25, 0.3) is 0 Å². The van der Waals surface area contributed by atoms with Gasteiger partial charge in [0.2, 0.25) is 0 Å². The Balaban J connectivity index is 2.15. The number of unbranched alkanes of at least 4 members (excludes halogenated alkanes) is 3. The molecule has 0 aromatic carbocycles. The quantitative estimate of drug-likeness (QED) is 0.650. The molecule has 0 saturated heterocycles. The minimum absolute atomic E-state index is 0.275. The van der Waals surface area contributed by atoms with E-state index in [4.69, 9.17) is 0 Å². The van der Waals surface area contributed by atoms with Gasteiger partial charge in [-0.1, -0.05) is 32.6 Å². The Morgan fingerprint density at radius 2 is 2.23 bits per heavy atom. The van der Waals surface area contributed by atoms with Gasteiger partial charge >= 0.3 is 0 Å². The summed E-state index contributed by atoms with van der Waals surface area (Å²) in [5.74, 6) is 0. The molecule has 1 aromatic rings. The summed E-state index contributed by atoms with van der Waals surface area (Å²) >= 11 is 0. The first-order chi connectivity index (χ1) is 6.34. The number of aliphatic hydroxyl groups excluding tert-OH is 1. The monoisotopic (exact) mass is 181 g/mol. The molecule has 2 heteroatoms. The van der Waals surface area contributed by atoms with E-state index in [1.54, 1.807) is 0 Å². The minimum atomic E-state index is -0.275. The molecule has 0 aliphatic heterocycles. The zero-order chi connectivity index (χ0) is 9.52. The number of H-pyrrole nitrogens is 1. The van der Waals surface area contributed by atoms with E-state index in [9.17, 15) is 5.11 Å². The predicted molar refractivity (Wildman–Crippen MR) is 54.5 cm³/mol. The van der Waals surface area contributed by atoms with Crippen LogP contribution in [-0.2, 0) is 0 Å². The van der Waals surface area contributed by atoms with Crippen LogP contribution in [0.25, 0.3) is 0 Å². The smallest absolute Gasteiger partial charge is 0.0804 e. The van der Waals surface area contributed by atoms with Crippen LogP contribution in [0.3, 0.4) is 0 Å². The van der Waals surface area contributed by atoms with Crippen molar-refractivity contribution in [2.24, 2.45) is 0 Å². The van der Waals surface area contributed by atoms with E-state index in [1.165, 1.54) is 19.3 Å². The second kappa shape index (κ2) is 5.81. The molecule has 2 nitrogen and oxygen atoms in total. The SMILES string of the molecule is CCCCCCC(O)c1cc[nH]c1. The summed E-state index contributed by atoms with van der Waals surface area (Å²) in [7, 11) is 0. The first-order valence-corrected chi connectivity index (χ1v) is 5.15. The lowest BCUT2D eigenvalue weighted by Crippen LogP contribution is -1.95. The molecular formula is C11H19NO. The average molecular weight is 181 g/mol. The maximum absolute atomic E-state index is 9.69. The van der Waals surface area contributed by atoms with Crippen LogP contribution in [0.5, 0.6) is 0 Å². The fourth-order valence-corrected chi connectivity index (χ4v) is 1.48. The molecular weight excluding hydrogens is 162 g/mol. The second-order valence-electron chi connectivity index (χ2n) is 3.51. The number of rotatable bonds is 6. The maximum Gasteiger partial charge on any atom is 0.0804 e. The normalized spacial score (nSPS) is 13.1. The van der Waals surface area contributed by atoms with Crippen molar-refractivity contribution < 1.29 is 5.11 Å². The van der Waals surface area contributed by atoms with Crippen molar-refractivity contribution in [2.75, 3.05) is 0 Å². The maximum atomic E-state index is 9.69. The van der Waals surface area contributed by atoms with Crippen LogP contribution in [0.15, 0.2) is 18.5 Å². The van der Waals surface area contributed by atoms with Gasteiger partial charge in [-0.3, -0.25) is 0 Å². The molecule has 0 fully saturated rings. The van der Waals surface area contributed by atoms with Crippen molar-refractivity contribution in [3.05, 3.63) is 24.0 Å². The third kappa shape index (κ3) is 3.64. The highest BCUT2D eigenvalue weighted by Crippen LogP contribution is 2.18. The fraction of sp³-hybridized carbons (Fsp3) is 0.636. The standard InChI is InChI=1S/C11H19NO/c1-2-3-4-5-6-11(13)10-7-8-12-9-10/h7-9,11-13H,2-6H2,1H3. The Hall–Kier alpha value is -0.760. The van der Waals surface area contributed by atoms with Gasteiger partial charge < -0.3 is 10.1 Å². The third-order valence-corrected chi connectivity index (χ3v) is 2.34. The van der Waals surface area contributed by atoms with Crippen LogP contribution >= 0.6 is 0 Å². The molecule has 0 aliphatic carbocycles. The van der Waals surface area contributed by atoms with Gasteiger partial charge in [0.15, 0.2) is 0 Å². The lowest BCUT2D eigenvalue weighted by atomic mass is 10.1. The molecule has 1 atom stereocenters. The largest absolute Gasteiger partial charge is 0.388 e.